The second-order valence-corrected chi connectivity index (χ2v) is 6.90. The molecule has 0 unspecified atom stereocenters. The van der Waals surface area contributed by atoms with E-state index in [1.165, 1.54) is 0 Å². The van der Waals surface area contributed by atoms with Crippen LogP contribution < -0.4 is 20.1 Å². The van der Waals surface area contributed by atoms with Crippen LogP contribution in [0.4, 0.5) is 11.4 Å². The summed E-state index contributed by atoms with van der Waals surface area (Å²) in [7, 11) is 3.10. The number of hydrogen-bond acceptors (Lipinski definition) is 4. The van der Waals surface area contributed by atoms with Gasteiger partial charge in [0.2, 0.25) is 5.91 Å². The molecule has 3 rings (SSSR count). The van der Waals surface area contributed by atoms with Crippen molar-refractivity contribution < 1.29 is 19.1 Å². The van der Waals surface area contributed by atoms with Gasteiger partial charge in [0.25, 0.3) is 5.91 Å². The zero-order valence-electron chi connectivity index (χ0n) is 16.6. The van der Waals surface area contributed by atoms with Gasteiger partial charge in [0, 0.05) is 22.0 Å². The number of rotatable bonds is 7. The first-order chi connectivity index (χ1) is 14.5. The number of carbonyl (C=O) groups excluding carboxylic acids is 2. The van der Waals surface area contributed by atoms with E-state index < -0.39 is 0 Å². The molecule has 3 aromatic rings. The largest absolute Gasteiger partial charge is 0.493 e. The summed E-state index contributed by atoms with van der Waals surface area (Å²) in [6, 6.07) is 18.9. The van der Waals surface area contributed by atoms with E-state index in [0.717, 1.165) is 5.56 Å². The first kappa shape index (κ1) is 21.2. The van der Waals surface area contributed by atoms with Crippen molar-refractivity contribution in [2.75, 3.05) is 24.9 Å². The number of carbonyl (C=O) groups is 2. The van der Waals surface area contributed by atoms with Crippen LogP contribution in [0.25, 0.3) is 0 Å². The molecule has 0 spiro atoms. The Morgan fingerprint density at radius 1 is 0.833 bits per heavy atom. The molecule has 2 amide bonds. The van der Waals surface area contributed by atoms with E-state index in [-0.39, 0.29) is 18.2 Å². The molecule has 0 aliphatic rings. The highest BCUT2D eigenvalue weighted by molar-refractivity contribution is 6.31. The van der Waals surface area contributed by atoms with Crippen LogP contribution in [0.2, 0.25) is 5.02 Å². The van der Waals surface area contributed by atoms with Gasteiger partial charge >= 0.3 is 0 Å². The fourth-order valence-electron chi connectivity index (χ4n) is 2.89. The number of hydrogen-bond donors (Lipinski definition) is 2. The first-order valence-corrected chi connectivity index (χ1v) is 9.54. The van der Waals surface area contributed by atoms with Gasteiger partial charge < -0.3 is 20.1 Å². The predicted octanol–water partition coefficient (Wildman–Crippen LogP) is 4.79. The highest BCUT2D eigenvalue weighted by Gasteiger charge is 2.10. The fraction of sp³-hybridized carbons (Fsp3) is 0.130. The number of methoxy groups -OCH3 is 2. The van der Waals surface area contributed by atoms with Crippen molar-refractivity contribution in [1.29, 1.82) is 0 Å². The van der Waals surface area contributed by atoms with Gasteiger partial charge in [-0.15, -0.1) is 0 Å². The zero-order valence-corrected chi connectivity index (χ0v) is 17.3. The number of amides is 2. The molecule has 6 nitrogen and oxygen atoms in total. The summed E-state index contributed by atoms with van der Waals surface area (Å²) in [4.78, 5) is 24.8. The molecular weight excluding hydrogens is 404 g/mol. The van der Waals surface area contributed by atoms with Crippen LogP contribution in [0.3, 0.4) is 0 Å². The van der Waals surface area contributed by atoms with E-state index in [1.54, 1.807) is 74.9 Å². The summed E-state index contributed by atoms with van der Waals surface area (Å²) in [6.07, 6.45) is 0.166. The van der Waals surface area contributed by atoms with Gasteiger partial charge in [-0.3, -0.25) is 9.59 Å². The van der Waals surface area contributed by atoms with E-state index in [1.807, 2.05) is 6.07 Å². The summed E-state index contributed by atoms with van der Waals surface area (Å²) in [5.74, 6) is 0.685. The Kier molecular flexibility index (Phi) is 6.93. The lowest BCUT2D eigenvalue weighted by Crippen LogP contribution is -2.15. The van der Waals surface area contributed by atoms with Crippen molar-refractivity contribution in [3.8, 4) is 11.5 Å². The standard InChI is InChI=1S/C23H21ClN2O4/c1-29-20-10-9-15(11-21(20)30-2)12-22(27)25-18-7-4-8-19(14-18)26-23(28)16-5-3-6-17(24)13-16/h3-11,13-14H,12H2,1-2H3,(H,25,27)(H,26,28). The van der Waals surface area contributed by atoms with E-state index in [2.05, 4.69) is 10.6 Å². The average molecular weight is 425 g/mol. The lowest BCUT2D eigenvalue weighted by atomic mass is 10.1. The minimum Gasteiger partial charge on any atom is -0.493 e. The molecule has 7 heteroatoms. The molecule has 0 heterocycles. The molecule has 0 aromatic heterocycles. The molecule has 0 atom stereocenters. The van der Waals surface area contributed by atoms with Crippen molar-refractivity contribution in [1.82, 2.24) is 0 Å². The SMILES string of the molecule is COc1ccc(CC(=O)Nc2cccc(NC(=O)c3cccc(Cl)c3)c2)cc1OC. The molecule has 0 saturated heterocycles. The van der Waals surface area contributed by atoms with Gasteiger partial charge in [0.1, 0.15) is 0 Å². The van der Waals surface area contributed by atoms with Crippen LogP contribution in [0.15, 0.2) is 66.7 Å². The number of anilines is 2. The van der Waals surface area contributed by atoms with E-state index in [4.69, 9.17) is 21.1 Å². The van der Waals surface area contributed by atoms with Gasteiger partial charge in [-0.1, -0.05) is 29.8 Å². The van der Waals surface area contributed by atoms with Crippen LogP contribution >= 0.6 is 11.6 Å². The molecule has 2 N–H and O–H groups in total. The van der Waals surface area contributed by atoms with E-state index in [9.17, 15) is 9.59 Å². The van der Waals surface area contributed by atoms with Gasteiger partial charge in [-0.05, 0) is 54.1 Å². The summed E-state index contributed by atoms with van der Waals surface area (Å²) in [5.41, 5.74) is 2.37. The third-order valence-electron chi connectivity index (χ3n) is 4.30. The van der Waals surface area contributed by atoms with E-state index >= 15 is 0 Å². The molecule has 0 radical (unpaired) electrons. The highest BCUT2D eigenvalue weighted by Crippen LogP contribution is 2.28. The minimum absolute atomic E-state index is 0.166. The second-order valence-electron chi connectivity index (χ2n) is 6.46. The van der Waals surface area contributed by atoms with Crippen molar-refractivity contribution in [3.63, 3.8) is 0 Å². The summed E-state index contributed by atoms with van der Waals surface area (Å²) < 4.78 is 10.5. The average Bonchev–Trinajstić information content (AvgIpc) is 2.73. The van der Waals surface area contributed by atoms with Crippen LogP contribution in [0.1, 0.15) is 15.9 Å². The van der Waals surface area contributed by atoms with Crippen molar-refractivity contribution >= 4 is 34.8 Å². The monoisotopic (exact) mass is 424 g/mol. The lowest BCUT2D eigenvalue weighted by Gasteiger charge is -2.11. The third-order valence-corrected chi connectivity index (χ3v) is 4.54. The topological polar surface area (TPSA) is 76.7 Å². The van der Waals surface area contributed by atoms with Crippen molar-refractivity contribution in [3.05, 3.63) is 82.9 Å². The Morgan fingerprint density at radius 3 is 2.23 bits per heavy atom. The molecular formula is C23H21ClN2O4. The highest BCUT2D eigenvalue weighted by atomic mass is 35.5. The maximum atomic E-state index is 12.4. The van der Waals surface area contributed by atoms with Crippen LogP contribution in [-0.4, -0.2) is 26.0 Å². The van der Waals surface area contributed by atoms with Gasteiger partial charge in [-0.25, -0.2) is 0 Å². The molecule has 154 valence electrons. The Bertz CT molecular complexity index is 1070. The lowest BCUT2D eigenvalue weighted by molar-refractivity contribution is -0.115. The van der Waals surface area contributed by atoms with Gasteiger partial charge in [0.15, 0.2) is 11.5 Å². The van der Waals surface area contributed by atoms with Crippen molar-refractivity contribution in [2.45, 2.75) is 6.42 Å². The zero-order chi connectivity index (χ0) is 21.5. The quantitative estimate of drug-likeness (QED) is 0.571. The molecule has 0 aliphatic carbocycles. The van der Waals surface area contributed by atoms with Crippen LogP contribution in [-0.2, 0) is 11.2 Å². The maximum Gasteiger partial charge on any atom is 0.255 e. The number of benzene rings is 3. The summed E-state index contributed by atoms with van der Waals surface area (Å²) >= 11 is 5.93. The van der Waals surface area contributed by atoms with Gasteiger partial charge in [-0.2, -0.15) is 0 Å². The van der Waals surface area contributed by atoms with Crippen molar-refractivity contribution in [2.24, 2.45) is 0 Å². The van der Waals surface area contributed by atoms with E-state index in [0.29, 0.717) is 33.5 Å². The Morgan fingerprint density at radius 2 is 1.53 bits per heavy atom. The second kappa shape index (κ2) is 9.80. The number of ether oxygens (including phenoxy) is 2. The Labute approximate surface area is 179 Å². The first-order valence-electron chi connectivity index (χ1n) is 9.16. The Balaban J connectivity index is 1.64. The Hall–Kier alpha value is -3.51. The molecule has 0 saturated carbocycles. The molecule has 0 aliphatic heterocycles. The van der Waals surface area contributed by atoms with Crippen LogP contribution in [0, 0.1) is 0 Å². The number of nitrogens with one attached hydrogen (secondary N) is 2. The third kappa shape index (κ3) is 5.52. The predicted molar refractivity (Wildman–Crippen MR) is 118 cm³/mol. The molecule has 0 fully saturated rings. The normalized spacial score (nSPS) is 10.2. The number of halogens is 1. The summed E-state index contributed by atoms with van der Waals surface area (Å²) in [6.45, 7) is 0. The van der Waals surface area contributed by atoms with Crippen LogP contribution in [0.5, 0.6) is 11.5 Å². The summed E-state index contributed by atoms with van der Waals surface area (Å²) in [5, 5.41) is 6.12. The smallest absolute Gasteiger partial charge is 0.255 e. The molecule has 3 aromatic carbocycles. The minimum atomic E-state index is -0.286. The molecule has 0 bridgehead atoms. The maximum absolute atomic E-state index is 12.4. The molecule has 30 heavy (non-hydrogen) atoms. The fourth-order valence-corrected chi connectivity index (χ4v) is 3.08. The van der Waals surface area contributed by atoms with Gasteiger partial charge in [0.05, 0.1) is 20.6 Å².